The maximum Gasteiger partial charge on any atom is 0.252 e. The average Bonchev–Trinajstić information content (AvgIpc) is 2.75. The molecule has 1 amide bonds. The molecule has 1 heterocycles. The molecule has 5 nitrogen and oxygen atoms in total. The van der Waals surface area contributed by atoms with E-state index in [-0.39, 0.29) is 11.9 Å². The molecule has 4 rings (SSSR count). The SMILES string of the molecule is COc1ccc(Nc2cc(C(=O)N[C@H]3CCCC[C@H]3C)c3ccccc3n2)cc1. The first-order chi connectivity index (χ1) is 14.1. The molecule has 1 aromatic heterocycles. The second-order valence-electron chi connectivity index (χ2n) is 7.77. The standard InChI is InChI=1S/C24H27N3O2/c1-16-7-3-5-9-21(16)27-24(28)20-15-23(26-22-10-6-4-8-19(20)22)25-17-11-13-18(29-2)14-12-17/h4,6,8,10-16,21H,3,5,7,9H2,1-2H3,(H,25,26)(H,27,28)/t16-,21+/m1/s1. The van der Waals surface area contributed by atoms with Crippen molar-refractivity contribution in [2.75, 3.05) is 12.4 Å². The summed E-state index contributed by atoms with van der Waals surface area (Å²) in [7, 11) is 1.64. The average molecular weight is 389 g/mol. The van der Waals surface area contributed by atoms with Gasteiger partial charge in [-0.15, -0.1) is 0 Å². The number of methoxy groups -OCH3 is 1. The first-order valence-electron chi connectivity index (χ1n) is 10.3. The monoisotopic (exact) mass is 389 g/mol. The maximum absolute atomic E-state index is 13.2. The summed E-state index contributed by atoms with van der Waals surface area (Å²) in [5.74, 6) is 1.93. The van der Waals surface area contributed by atoms with Gasteiger partial charge in [0.05, 0.1) is 18.2 Å². The molecule has 1 saturated carbocycles. The van der Waals surface area contributed by atoms with Crippen LogP contribution < -0.4 is 15.4 Å². The number of para-hydroxylation sites is 1. The number of hydrogen-bond donors (Lipinski definition) is 2. The summed E-state index contributed by atoms with van der Waals surface area (Å²) in [5, 5.41) is 7.45. The molecule has 3 aromatic rings. The molecule has 2 N–H and O–H groups in total. The largest absolute Gasteiger partial charge is 0.497 e. The minimum atomic E-state index is -0.0277. The van der Waals surface area contributed by atoms with Crippen molar-refractivity contribution in [2.45, 2.75) is 38.6 Å². The van der Waals surface area contributed by atoms with E-state index in [0.717, 1.165) is 28.8 Å². The summed E-state index contributed by atoms with van der Waals surface area (Å²) >= 11 is 0. The Morgan fingerprint density at radius 3 is 2.59 bits per heavy atom. The van der Waals surface area contributed by atoms with Gasteiger partial charge in [-0.05, 0) is 55.2 Å². The Morgan fingerprint density at radius 1 is 1.07 bits per heavy atom. The lowest BCUT2D eigenvalue weighted by Gasteiger charge is -2.29. The van der Waals surface area contributed by atoms with E-state index in [0.29, 0.717) is 17.3 Å². The lowest BCUT2D eigenvalue weighted by atomic mass is 9.86. The van der Waals surface area contributed by atoms with Gasteiger partial charge in [-0.1, -0.05) is 38.0 Å². The number of amides is 1. The molecule has 150 valence electrons. The van der Waals surface area contributed by atoms with Crippen LogP contribution in [-0.2, 0) is 0 Å². The number of aromatic nitrogens is 1. The normalized spacial score (nSPS) is 19.0. The Morgan fingerprint density at radius 2 is 1.83 bits per heavy atom. The zero-order valence-corrected chi connectivity index (χ0v) is 16.9. The number of carbonyl (C=O) groups is 1. The maximum atomic E-state index is 13.2. The van der Waals surface area contributed by atoms with Crippen molar-refractivity contribution >= 4 is 28.3 Å². The van der Waals surface area contributed by atoms with E-state index in [1.54, 1.807) is 7.11 Å². The molecule has 5 heteroatoms. The molecule has 0 aliphatic heterocycles. The van der Waals surface area contributed by atoms with E-state index in [9.17, 15) is 4.79 Å². The third-order valence-electron chi connectivity index (χ3n) is 5.75. The van der Waals surface area contributed by atoms with Crippen LogP contribution in [0, 0.1) is 5.92 Å². The van der Waals surface area contributed by atoms with Gasteiger partial charge < -0.3 is 15.4 Å². The predicted octanol–water partition coefficient (Wildman–Crippen LogP) is 5.30. The first-order valence-corrected chi connectivity index (χ1v) is 10.3. The minimum Gasteiger partial charge on any atom is -0.497 e. The van der Waals surface area contributed by atoms with Crippen LogP contribution in [0.5, 0.6) is 5.75 Å². The minimum absolute atomic E-state index is 0.0277. The second-order valence-corrected chi connectivity index (χ2v) is 7.77. The van der Waals surface area contributed by atoms with Gasteiger partial charge in [0.1, 0.15) is 11.6 Å². The number of hydrogen-bond acceptors (Lipinski definition) is 4. The predicted molar refractivity (Wildman–Crippen MR) is 117 cm³/mol. The smallest absolute Gasteiger partial charge is 0.252 e. The third kappa shape index (κ3) is 4.34. The zero-order valence-electron chi connectivity index (χ0n) is 16.9. The third-order valence-corrected chi connectivity index (χ3v) is 5.75. The number of carbonyl (C=O) groups excluding carboxylic acids is 1. The van der Waals surface area contributed by atoms with Crippen LogP contribution in [0.3, 0.4) is 0 Å². The van der Waals surface area contributed by atoms with E-state index in [1.165, 1.54) is 19.3 Å². The molecular formula is C24H27N3O2. The molecule has 2 atom stereocenters. The number of nitrogens with one attached hydrogen (secondary N) is 2. The van der Waals surface area contributed by atoms with Crippen LogP contribution in [0.1, 0.15) is 43.0 Å². The number of benzene rings is 2. The topological polar surface area (TPSA) is 63.2 Å². The highest BCUT2D eigenvalue weighted by molar-refractivity contribution is 6.07. The summed E-state index contributed by atoms with van der Waals surface area (Å²) in [4.78, 5) is 17.9. The highest BCUT2D eigenvalue weighted by atomic mass is 16.5. The molecule has 1 aliphatic rings. The number of nitrogens with zero attached hydrogens (tertiary/aromatic N) is 1. The van der Waals surface area contributed by atoms with Crippen LogP contribution in [0.15, 0.2) is 54.6 Å². The number of anilines is 2. The summed E-state index contributed by atoms with van der Waals surface area (Å²) in [6.45, 7) is 2.23. The number of pyridine rings is 1. The Kier molecular flexibility index (Phi) is 5.65. The summed E-state index contributed by atoms with van der Waals surface area (Å²) in [6, 6.07) is 17.5. The Balaban J connectivity index is 1.63. The lowest BCUT2D eigenvalue weighted by Crippen LogP contribution is -2.41. The van der Waals surface area contributed by atoms with E-state index < -0.39 is 0 Å². The highest BCUT2D eigenvalue weighted by Crippen LogP contribution is 2.27. The zero-order chi connectivity index (χ0) is 20.2. The molecule has 1 aliphatic carbocycles. The van der Waals surface area contributed by atoms with Gasteiger partial charge >= 0.3 is 0 Å². The highest BCUT2D eigenvalue weighted by Gasteiger charge is 2.24. The van der Waals surface area contributed by atoms with Gasteiger partial charge in [-0.3, -0.25) is 4.79 Å². The molecule has 0 spiro atoms. The van der Waals surface area contributed by atoms with Gasteiger partial charge in [-0.25, -0.2) is 4.98 Å². The van der Waals surface area contributed by atoms with Crippen LogP contribution in [-0.4, -0.2) is 24.0 Å². The first kappa shape index (κ1) is 19.2. The quantitative estimate of drug-likeness (QED) is 0.622. The van der Waals surface area contributed by atoms with Crippen LogP contribution in [0.25, 0.3) is 10.9 Å². The Hall–Kier alpha value is -3.08. The van der Waals surface area contributed by atoms with Crippen molar-refractivity contribution in [3.63, 3.8) is 0 Å². The van der Waals surface area contributed by atoms with Gasteiger partial charge in [-0.2, -0.15) is 0 Å². The number of rotatable bonds is 5. The van der Waals surface area contributed by atoms with E-state index in [2.05, 4.69) is 17.6 Å². The molecule has 29 heavy (non-hydrogen) atoms. The summed E-state index contributed by atoms with van der Waals surface area (Å²) in [6.07, 6.45) is 4.65. The molecule has 0 radical (unpaired) electrons. The van der Waals surface area contributed by atoms with Gasteiger partial charge in [0.2, 0.25) is 0 Å². The van der Waals surface area contributed by atoms with Crippen molar-refractivity contribution in [3.8, 4) is 5.75 Å². The van der Waals surface area contributed by atoms with Gasteiger partial charge in [0.25, 0.3) is 5.91 Å². The van der Waals surface area contributed by atoms with E-state index >= 15 is 0 Å². The van der Waals surface area contributed by atoms with E-state index in [4.69, 9.17) is 9.72 Å². The molecule has 0 bridgehead atoms. The molecular weight excluding hydrogens is 362 g/mol. The summed E-state index contributed by atoms with van der Waals surface area (Å²) in [5.41, 5.74) is 2.35. The van der Waals surface area contributed by atoms with Crippen molar-refractivity contribution in [3.05, 3.63) is 60.2 Å². The molecule has 2 aromatic carbocycles. The fourth-order valence-electron chi connectivity index (χ4n) is 4.03. The molecule has 1 fully saturated rings. The van der Waals surface area contributed by atoms with Crippen molar-refractivity contribution in [2.24, 2.45) is 5.92 Å². The van der Waals surface area contributed by atoms with Crippen LogP contribution in [0.2, 0.25) is 0 Å². The van der Waals surface area contributed by atoms with Crippen molar-refractivity contribution in [1.82, 2.24) is 10.3 Å². The molecule has 0 saturated heterocycles. The lowest BCUT2D eigenvalue weighted by molar-refractivity contribution is 0.0912. The van der Waals surface area contributed by atoms with Gasteiger partial charge in [0, 0.05) is 17.1 Å². The van der Waals surface area contributed by atoms with Crippen LogP contribution >= 0.6 is 0 Å². The van der Waals surface area contributed by atoms with E-state index in [1.807, 2.05) is 54.6 Å². The second kappa shape index (κ2) is 8.52. The Bertz CT molecular complexity index is 1000. The fraction of sp³-hybridized carbons (Fsp3) is 0.333. The molecule has 0 unspecified atom stereocenters. The summed E-state index contributed by atoms with van der Waals surface area (Å²) < 4.78 is 5.21. The van der Waals surface area contributed by atoms with Gasteiger partial charge in [0.15, 0.2) is 0 Å². The number of fused-ring (bicyclic) bond motifs is 1. The van der Waals surface area contributed by atoms with Crippen molar-refractivity contribution < 1.29 is 9.53 Å². The van der Waals surface area contributed by atoms with Crippen molar-refractivity contribution in [1.29, 1.82) is 0 Å². The van der Waals surface area contributed by atoms with Crippen LogP contribution in [0.4, 0.5) is 11.5 Å². The Labute approximate surface area is 171 Å². The fourth-order valence-corrected chi connectivity index (χ4v) is 4.03. The number of ether oxygens (including phenoxy) is 1.